The lowest BCUT2D eigenvalue weighted by Gasteiger charge is -2.08. The Balaban J connectivity index is 2.31. The van der Waals surface area contributed by atoms with Gasteiger partial charge in [-0.2, -0.15) is 0 Å². The van der Waals surface area contributed by atoms with Crippen LogP contribution in [0, 0.1) is 6.92 Å². The number of aromatic nitrogens is 2. The smallest absolute Gasteiger partial charge is 0.141 e. The van der Waals surface area contributed by atoms with Gasteiger partial charge in [0, 0.05) is 12.1 Å². The van der Waals surface area contributed by atoms with Crippen LogP contribution >= 0.6 is 0 Å². The molecule has 1 aromatic heterocycles. The minimum absolute atomic E-state index is 0.768. The molecule has 0 saturated carbocycles. The first kappa shape index (κ1) is 11.7. The van der Waals surface area contributed by atoms with Gasteiger partial charge in [0.2, 0.25) is 0 Å². The Morgan fingerprint density at radius 1 is 1.11 bits per heavy atom. The van der Waals surface area contributed by atoms with Gasteiger partial charge in [0.05, 0.1) is 11.0 Å². The van der Waals surface area contributed by atoms with E-state index in [2.05, 4.69) is 54.5 Å². The van der Waals surface area contributed by atoms with Crippen LogP contribution in [-0.2, 0) is 6.54 Å². The normalized spacial score (nSPS) is 10.8. The van der Waals surface area contributed by atoms with E-state index in [1.54, 1.807) is 0 Å². The van der Waals surface area contributed by atoms with Crippen LogP contribution in [0.1, 0.15) is 5.56 Å². The second kappa shape index (κ2) is 4.73. The first-order valence-electron chi connectivity index (χ1n) is 6.43. The lowest BCUT2D eigenvalue weighted by molar-refractivity contribution is 0.861. The monoisotopic (exact) mass is 248 g/mol. The molecule has 19 heavy (non-hydrogen) atoms. The third-order valence-corrected chi connectivity index (χ3v) is 3.35. The van der Waals surface area contributed by atoms with E-state index in [9.17, 15) is 0 Å². The number of imidazole rings is 1. The number of nitrogens with zero attached hydrogens (tertiary/aromatic N) is 2. The van der Waals surface area contributed by atoms with E-state index in [-0.39, 0.29) is 0 Å². The van der Waals surface area contributed by atoms with Crippen LogP contribution in [0.15, 0.2) is 61.2 Å². The SMILES string of the molecule is C=CCn1c(-c2ccccc2C)nc2ccccc21. The van der Waals surface area contributed by atoms with Crippen molar-refractivity contribution in [2.45, 2.75) is 13.5 Å². The highest BCUT2D eigenvalue weighted by molar-refractivity contribution is 5.81. The van der Waals surface area contributed by atoms with Gasteiger partial charge >= 0.3 is 0 Å². The van der Waals surface area contributed by atoms with E-state index in [0.29, 0.717) is 0 Å². The summed E-state index contributed by atoms with van der Waals surface area (Å²) in [4.78, 5) is 4.78. The molecular formula is C17H16N2. The van der Waals surface area contributed by atoms with Crippen molar-refractivity contribution in [3.05, 3.63) is 66.7 Å². The third kappa shape index (κ3) is 1.95. The summed E-state index contributed by atoms with van der Waals surface area (Å²) < 4.78 is 2.21. The Hall–Kier alpha value is -2.35. The summed E-state index contributed by atoms with van der Waals surface area (Å²) >= 11 is 0. The van der Waals surface area contributed by atoms with Crippen LogP contribution in [0.3, 0.4) is 0 Å². The minimum atomic E-state index is 0.768. The van der Waals surface area contributed by atoms with Gasteiger partial charge in [-0.1, -0.05) is 42.5 Å². The standard InChI is InChI=1S/C17H16N2/c1-3-12-19-16-11-7-6-10-15(16)18-17(19)14-9-5-4-8-13(14)2/h3-11H,1,12H2,2H3. The second-order valence-corrected chi connectivity index (χ2v) is 4.64. The van der Waals surface area contributed by atoms with Gasteiger partial charge < -0.3 is 4.57 Å². The van der Waals surface area contributed by atoms with Crippen molar-refractivity contribution < 1.29 is 0 Å². The first-order chi connectivity index (χ1) is 9.31. The Morgan fingerprint density at radius 3 is 2.63 bits per heavy atom. The predicted octanol–water partition coefficient (Wildman–Crippen LogP) is 4.20. The summed E-state index contributed by atoms with van der Waals surface area (Å²) in [5.41, 5.74) is 4.60. The molecule has 0 saturated heterocycles. The molecule has 0 N–H and O–H groups in total. The fraction of sp³-hybridized carbons (Fsp3) is 0.118. The van der Waals surface area contributed by atoms with E-state index < -0.39 is 0 Å². The molecular weight excluding hydrogens is 232 g/mol. The molecule has 0 unspecified atom stereocenters. The molecule has 0 amide bonds. The van der Waals surface area contributed by atoms with Crippen LogP contribution in [0.25, 0.3) is 22.4 Å². The number of fused-ring (bicyclic) bond motifs is 1. The van der Waals surface area contributed by atoms with Gasteiger partial charge in [0.25, 0.3) is 0 Å². The maximum absolute atomic E-state index is 4.78. The number of para-hydroxylation sites is 2. The average Bonchev–Trinajstić information content (AvgIpc) is 2.79. The van der Waals surface area contributed by atoms with E-state index >= 15 is 0 Å². The molecule has 0 radical (unpaired) electrons. The van der Waals surface area contributed by atoms with Crippen molar-refractivity contribution in [2.24, 2.45) is 0 Å². The Kier molecular flexibility index (Phi) is 2.92. The van der Waals surface area contributed by atoms with Crippen LogP contribution in [0.4, 0.5) is 0 Å². The van der Waals surface area contributed by atoms with Crippen LogP contribution < -0.4 is 0 Å². The molecule has 3 rings (SSSR count). The number of hydrogen-bond acceptors (Lipinski definition) is 1. The maximum Gasteiger partial charge on any atom is 0.141 e. The van der Waals surface area contributed by atoms with E-state index in [4.69, 9.17) is 4.98 Å². The fourth-order valence-corrected chi connectivity index (χ4v) is 2.42. The quantitative estimate of drug-likeness (QED) is 0.635. The Labute approximate surface area is 113 Å². The fourth-order valence-electron chi connectivity index (χ4n) is 2.42. The van der Waals surface area contributed by atoms with Crippen molar-refractivity contribution in [3.63, 3.8) is 0 Å². The predicted molar refractivity (Wildman–Crippen MR) is 80.1 cm³/mol. The lowest BCUT2D eigenvalue weighted by Crippen LogP contribution is -1.99. The summed E-state index contributed by atoms with van der Waals surface area (Å²) in [6.45, 7) is 6.74. The van der Waals surface area contributed by atoms with Crippen molar-refractivity contribution in [1.82, 2.24) is 9.55 Å². The summed E-state index contributed by atoms with van der Waals surface area (Å²) in [5, 5.41) is 0. The largest absolute Gasteiger partial charge is 0.320 e. The maximum atomic E-state index is 4.78. The molecule has 3 aromatic rings. The van der Waals surface area contributed by atoms with E-state index in [1.165, 1.54) is 11.1 Å². The number of benzene rings is 2. The molecule has 0 aliphatic carbocycles. The average molecular weight is 248 g/mol. The molecule has 2 aromatic carbocycles. The van der Waals surface area contributed by atoms with Gasteiger partial charge in [-0.05, 0) is 24.6 Å². The van der Waals surface area contributed by atoms with Gasteiger partial charge in [-0.15, -0.1) is 6.58 Å². The molecule has 2 heteroatoms. The highest BCUT2D eigenvalue weighted by Gasteiger charge is 2.12. The van der Waals surface area contributed by atoms with Crippen LogP contribution in [0.2, 0.25) is 0 Å². The van der Waals surface area contributed by atoms with Gasteiger partial charge in [0.1, 0.15) is 5.82 Å². The van der Waals surface area contributed by atoms with E-state index in [1.807, 2.05) is 18.2 Å². The summed E-state index contributed by atoms with van der Waals surface area (Å²) in [6, 6.07) is 16.6. The van der Waals surface area contributed by atoms with E-state index in [0.717, 1.165) is 23.4 Å². The number of hydrogen-bond donors (Lipinski definition) is 0. The number of aryl methyl sites for hydroxylation is 1. The van der Waals surface area contributed by atoms with Gasteiger partial charge in [-0.3, -0.25) is 0 Å². The Bertz CT molecular complexity index is 738. The molecule has 2 nitrogen and oxygen atoms in total. The summed E-state index contributed by atoms with van der Waals surface area (Å²) in [5.74, 6) is 1.01. The lowest BCUT2D eigenvalue weighted by atomic mass is 10.1. The number of rotatable bonds is 3. The number of allylic oxidation sites excluding steroid dienone is 1. The molecule has 1 heterocycles. The highest BCUT2D eigenvalue weighted by atomic mass is 15.1. The molecule has 0 atom stereocenters. The van der Waals surface area contributed by atoms with Crippen molar-refractivity contribution in [2.75, 3.05) is 0 Å². The zero-order valence-electron chi connectivity index (χ0n) is 11.0. The van der Waals surface area contributed by atoms with Gasteiger partial charge in [-0.25, -0.2) is 4.98 Å². The first-order valence-corrected chi connectivity index (χ1v) is 6.43. The molecule has 0 aliphatic rings. The zero-order chi connectivity index (χ0) is 13.2. The van der Waals surface area contributed by atoms with Crippen molar-refractivity contribution >= 4 is 11.0 Å². The topological polar surface area (TPSA) is 17.8 Å². The Morgan fingerprint density at radius 2 is 1.84 bits per heavy atom. The molecule has 94 valence electrons. The van der Waals surface area contributed by atoms with Crippen molar-refractivity contribution in [1.29, 1.82) is 0 Å². The zero-order valence-corrected chi connectivity index (χ0v) is 11.0. The second-order valence-electron chi connectivity index (χ2n) is 4.64. The highest BCUT2D eigenvalue weighted by Crippen LogP contribution is 2.27. The molecule has 0 fully saturated rings. The minimum Gasteiger partial charge on any atom is -0.320 e. The summed E-state index contributed by atoms with van der Waals surface area (Å²) in [6.07, 6.45) is 1.91. The molecule has 0 spiro atoms. The van der Waals surface area contributed by atoms with Crippen molar-refractivity contribution in [3.8, 4) is 11.4 Å². The van der Waals surface area contributed by atoms with Gasteiger partial charge in [0.15, 0.2) is 0 Å². The molecule has 0 bridgehead atoms. The third-order valence-electron chi connectivity index (χ3n) is 3.35. The van der Waals surface area contributed by atoms with Crippen LogP contribution in [0.5, 0.6) is 0 Å². The molecule has 0 aliphatic heterocycles. The summed E-state index contributed by atoms with van der Waals surface area (Å²) in [7, 11) is 0. The van der Waals surface area contributed by atoms with Crippen LogP contribution in [-0.4, -0.2) is 9.55 Å².